The summed E-state index contributed by atoms with van der Waals surface area (Å²) < 4.78 is 29.7. The Bertz CT molecular complexity index is 1560. The number of amides is 1. The number of benzene rings is 4. The molecule has 1 unspecified atom stereocenters. The molecule has 38 heavy (non-hydrogen) atoms. The van der Waals surface area contributed by atoms with Crippen LogP contribution in [-0.2, 0) is 21.2 Å². The highest BCUT2D eigenvalue weighted by Gasteiger charge is 2.24. The van der Waals surface area contributed by atoms with Crippen molar-refractivity contribution < 1.29 is 23.1 Å². The first-order valence-corrected chi connectivity index (χ1v) is 14.7. The van der Waals surface area contributed by atoms with Crippen molar-refractivity contribution in [3.63, 3.8) is 0 Å². The lowest BCUT2D eigenvalue weighted by Crippen LogP contribution is -2.42. The lowest BCUT2D eigenvalue weighted by atomic mass is 10.0. The maximum Gasteiger partial charge on any atom is 0.326 e. The van der Waals surface area contributed by atoms with E-state index in [0.29, 0.717) is 3.57 Å². The Hall–Kier alpha value is -3.22. The summed E-state index contributed by atoms with van der Waals surface area (Å²) in [7, 11) is -3.99. The van der Waals surface area contributed by atoms with Crippen molar-refractivity contribution in [2.75, 3.05) is 4.72 Å². The summed E-state index contributed by atoms with van der Waals surface area (Å²) in [6, 6.07) is 26.7. The van der Waals surface area contributed by atoms with Crippen molar-refractivity contribution in [1.82, 2.24) is 5.32 Å². The van der Waals surface area contributed by atoms with Crippen LogP contribution in [0.1, 0.15) is 15.9 Å². The van der Waals surface area contributed by atoms with Crippen LogP contribution in [0.3, 0.4) is 0 Å². The second-order valence-electron chi connectivity index (χ2n) is 8.38. The number of carboxylic acid groups (broad SMARTS) is 1. The average molecular weight is 705 g/mol. The second-order valence-corrected chi connectivity index (χ2v) is 12.2. The fourth-order valence-electron chi connectivity index (χ4n) is 3.75. The smallest absolute Gasteiger partial charge is 0.326 e. The van der Waals surface area contributed by atoms with Gasteiger partial charge < -0.3 is 10.4 Å². The lowest BCUT2D eigenvalue weighted by molar-refractivity contribution is -0.139. The molecule has 0 radical (unpaired) electrons. The first kappa shape index (κ1) is 27.8. The minimum Gasteiger partial charge on any atom is -0.480 e. The zero-order valence-corrected chi connectivity index (χ0v) is 24.3. The summed E-state index contributed by atoms with van der Waals surface area (Å²) in [6.45, 7) is 0. The molecule has 4 aromatic carbocycles. The molecule has 4 aromatic rings. The molecule has 4 rings (SSSR count). The quantitative estimate of drug-likeness (QED) is 0.187. The average Bonchev–Trinajstić information content (AvgIpc) is 2.90. The molecule has 0 spiro atoms. The minimum absolute atomic E-state index is 0.0169. The molecule has 0 aliphatic rings. The summed E-state index contributed by atoms with van der Waals surface area (Å²) in [5.41, 5.74) is 2.83. The third kappa shape index (κ3) is 7.00. The van der Waals surface area contributed by atoms with Crippen LogP contribution in [0.2, 0.25) is 0 Å². The van der Waals surface area contributed by atoms with Gasteiger partial charge in [0.25, 0.3) is 15.9 Å². The van der Waals surface area contributed by atoms with Crippen molar-refractivity contribution in [3.05, 3.63) is 116 Å². The highest BCUT2D eigenvalue weighted by molar-refractivity contribution is 14.1. The third-order valence-electron chi connectivity index (χ3n) is 5.70. The first-order chi connectivity index (χ1) is 18.1. The summed E-state index contributed by atoms with van der Waals surface area (Å²) >= 11 is 5.28. The second kappa shape index (κ2) is 12.1. The Balaban J connectivity index is 1.53. The van der Waals surface area contributed by atoms with E-state index in [1.807, 2.05) is 77.2 Å². The van der Waals surface area contributed by atoms with Gasteiger partial charge >= 0.3 is 5.97 Å². The van der Waals surface area contributed by atoms with E-state index in [1.54, 1.807) is 18.2 Å². The Morgan fingerprint density at radius 2 is 1.50 bits per heavy atom. The van der Waals surface area contributed by atoms with Gasteiger partial charge in [-0.15, -0.1) is 0 Å². The van der Waals surface area contributed by atoms with Crippen molar-refractivity contribution >= 4 is 66.1 Å². The number of rotatable bonds is 9. The van der Waals surface area contributed by atoms with Gasteiger partial charge in [0.05, 0.1) is 16.1 Å². The summed E-state index contributed by atoms with van der Waals surface area (Å²) in [5.74, 6) is -1.90. The number of carbonyl (C=O) groups excluding carboxylic acids is 1. The summed E-state index contributed by atoms with van der Waals surface area (Å²) in [5, 5.41) is 12.4. The first-order valence-electron chi connectivity index (χ1n) is 11.4. The van der Waals surface area contributed by atoms with E-state index in [4.69, 9.17) is 0 Å². The molecule has 1 atom stereocenters. The number of hydrogen-bond acceptors (Lipinski definition) is 4. The van der Waals surface area contributed by atoms with E-state index in [9.17, 15) is 23.1 Å². The van der Waals surface area contributed by atoms with Gasteiger partial charge in [0.2, 0.25) is 0 Å². The van der Waals surface area contributed by atoms with E-state index in [1.165, 1.54) is 24.3 Å². The molecule has 7 nitrogen and oxygen atoms in total. The maximum atomic E-state index is 13.2. The maximum absolute atomic E-state index is 13.2. The number of carboxylic acids is 1. The number of anilines is 1. The van der Waals surface area contributed by atoms with Crippen LogP contribution in [0.25, 0.3) is 11.1 Å². The SMILES string of the molecule is O=C(NC(Cc1ccc(-c2ccccc2)cc1)C(=O)O)c1cc(I)ccc1NS(=O)(=O)c1ccc(Br)cc1. The van der Waals surface area contributed by atoms with E-state index >= 15 is 0 Å². The molecule has 194 valence electrons. The predicted octanol–water partition coefficient (Wildman–Crippen LogP) is 5.95. The van der Waals surface area contributed by atoms with Gasteiger partial charge in [-0.25, -0.2) is 13.2 Å². The number of carbonyl (C=O) groups is 2. The van der Waals surface area contributed by atoms with Crippen LogP contribution in [0.15, 0.2) is 106 Å². The highest BCUT2D eigenvalue weighted by Crippen LogP contribution is 2.24. The Kier molecular flexibility index (Phi) is 8.85. The molecule has 10 heteroatoms. The van der Waals surface area contributed by atoms with E-state index in [2.05, 4.69) is 26.0 Å². The van der Waals surface area contributed by atoms with Crippen molar-refractivity contribution in [1.29, 1.82) is 0 Å². The molecule has 3 N–H and O–H groups in total. The molecular formula is C28H22BrIN2O5S. The van der Waals surface area contributed by atoms with Crippen LogP contribution in [0.4, 0.5) is 5.69 Å². The molecular weight excluding hydrogens is 683 g/mol. The van der Waals surface area contributed by atoms with E-state index < -0.39 is 27.9 Å². The topological polar surface area (TPSA) is 113 Å². The molecule has 0 saturated heterocycles. The van der Waals surface area contributed by atoms with Gasteiger partial charge in [-0.05, 0) is 81.7 Å². The van der Waals surface area contributed by atoms with Crippen LogP contribution < -0.4 is 10.0 Å². The van der Waals surface area contributed by atoms with E-state index in [0.717, 1.165) is 21.2 Å². The van der Waals surface area contributed by atoms with Gasteiger partial charge in [-0.2, -0.15) is 0 Å². The molecule has 1 amide bonds. The Morgan fingerprint density at radius 1 is 0.868 bits per heavy atom. The van der Waals surface area contributed by atoms with Crippen molar-refractivity contribution in [2.45, 2.75) is 17.4 Å². The van der Waals surface area contributed by atoms with Crippen molar-refractivity contribution in [3.8, 4) is 11.1 Å². The standard InChI is InChI=1S/C28H22BrIN2O5S/c29-21-10-13-23(14-11-21)38(36,37)32-25-15-12-22(30)17-24(25)27(33)31-26(28(34)35)16-18-6-8-20(9-7-18)19-4-2-1-3-5-19/h1-15,17,26,32H,16H2,(H,31,33)(H,34,35). The van der Waals surface area contributed by atoms with Crippen LogP contribution >= 0.6 is 38.5 Å². The number of aliphatic carboxylic acids is 1. The van der Waals surface area contributed by atoms with Gasteiger partial charge in [0, 0.05) is 14.5 Å². The zero-order valence-electron chi connectivity index (χ0n) is 19.8. The van der Waals surface area contributed by atoms with E-state index in [-0.39, 0.29) is 22.6 Å². The normalized spacial score (nSPS) is 11.9. The monoisotopic (exact) mass is 704 g/mol. The minimum atomic E-state index is -3.99. The fraction of sp³-hybridized carbons (Fsp3) is 0.0714. The van der Waals surface area contributed by atoms with Crippen LogP contribution in [0, 0.1) is 3.57 Å². The Labute approximate surface area is 242 Å². The number of nitrogens with one attached hydrogen (secondary N) is 2. The zero-order chi connectivity index (χ0) is 27.3. The lowest BCUT2D eigenvalue weighted by Gasteiger charge is -2.17. The van der Waals surface area contributed by atoms with Crippen LogP contribution in [-0.4, -0.2) is 31.4 Å². The summed E-state index contributed by atoms with van der Waals surface area (Å²) in [6.07, 6.45) is 0.0556. The van der Waals surface area contributed by atoms with Gasteiger partial charge in [0.15, 0.2) is 0 Å². The Morgan fingerprint density at radius 3 is 2.13 bits per heavy atom. The molecule has 0 aliphatic carbocycles. The third-order valence-corrected chi connectivity index (χ3v) is 8.28. The number of sulfonamides is 1. The molecule has 0 aliphatic heterocycles. The molecule has 0 bridgehead atoms. The van der Waals surface area contributed by atoms with Crippen LogP contribution in [0.5, 0.6) is 0 Å². The largest absolute Gasteiger partial charge is 0.480 e. The molecule has 0 saturated carbocycles. The summed E-state index contributed by atoms with van der Waals surface area (Å²) in [4.78, 5) is 25.3. The number of hydrogen-bond donors (Lipinski definition) is 3. The fourth-order valence-corrected chi connectivity index (χ4v) is 5.58. The predicted molar refractivity (Wildman–Crippen MR) is 159 cm³/mol. The highest BCUT2D eigenvalue weighted by atomic mass is 127. The van der Waals surface area contributed by atoms with Gasteiger partial charge in [0.1, 0.15) is 6.04 Å². The van der Waals surface area contributed by atoms with Crippen molar-refractivity contribution in [2.24, 2.45) is 0 Å². The van der Waals surface area contributed by atoms with Gasteiger partial charge in [-0.1, -0.05) is 70.5 Å². The van der Waals surface area contributed by atoms with Gasteiger partial charge in [-0.3, -0.25) is 9.52 Å². The molecule has 0 aromatic heterocycles. The molecule has 0 fully saturated rings. The molecule has 0 heterocycles. The number of halogens is 2.